The molecule has 0 radical (unpaired) electrons. The van der Waals surface area contributed by atoms with Gasteiger partial charge in [-0.2, -0.15) is 4.72 Å². The maximum absolute atomic E-state index is 13.6. The van der Waals surface area contributed by atoms with E-state index >= 15 is 0 Å². The molecule has 35 heavy (non-hydrogen) atoms. The minimum Gasteiger partial charge on any atom is -0.338 e. The molecule has 1 saturated heterocycles. The van der Waals surface area contributed by atoms with Crippen LogP contribution in [0.25, 0.3) is 0 Å². The van der Waals surface area contributed by atoms with Crippen LogP contribution in [-0.4, -0.2) is 68.4 Å². The Balaban J connectivity index is 1.74. The number of carbonyl (C=O) groups is 2. The van der Waals surface area contributed by atoms with Crippen LogP contribution in [-0.2, 0) is 21.2 Å². The van der Waals surface area contributed by atoms with E-state index in [1.807, 2.05) is 37.3 Å². The van der Waals surface area contributed by atoms with Crippen molar-refractivity contribution in [2.45, 2.75) is 50.1 Å². The topological polar surface area (TPSA) is 98.8 Å². The smallest absolute Gasteiger partial charge is 0.317 e. The third kappa shape index (κ3) is 7.43. The summed E-state index contributed by atoms with van der Waals surface area (Å²) in [5, 5.41) is 3.34. The van der Waals surface area contributed by atoms with Crippen molar-refractivity contribution in [2.24, 2.45) is 0 Å². The second kappa shape index (κ2) is 12.4. The van der Waals surface area contributed by atoms with Gasteiger partial charge in [-0.15, -0.1) is 0 Å². The fourth-order valence-electron chi connectivity index (χ4n) is 4.05. The van der Waals surface area contributed by atoms with Gasteiger partial charge in [0.2, 0.25) is 15.9 Å². The van der Waals surface area contributed by atoms with Gasteiger partial charge in [0.25, 0.3) is 0 Å². The predicted octanol–water partition coefficient (Wildman–Crippen LogP) is 3.27. The van der Waals surface area contributed by atoms with Crippen molar-refractivity contribution in [2.75, 3.05) is 26.2 Å². The number of amides is 3. The van der Waals surface area contributed by atoms with Crippen molar-refractivity contribution < 1.29 is 18.0 Å². The van der Waals surface area contributed by atoms with Gasteiger partial charge in [-0.1, -0.05) is 55.3 Å². The van der Waals surface area contributed by atoms with Gasteiger partial charge in [0.05, 0.1) is 4.90 Å². The molecule has 3 amide bonds. The molecule has 2 aromatic carbocycles. The van der Waals surface area contributed by atoms with Gasteiger partial charge < -0.3 is 15.1 Å². The van der Waals surface area contributed by atoms with Crippen LogP contribution < -0.4 is 10.0 Å². The number of unbranched alkanes of at least 4 members (excludes halogenated alkanes) is 1. The summed E-state index contributed by atoms with van der Waals surface area (Å²) >= 11 is 5.90. The average molecular weight is 521 g/mol. The van der Waals surface area contributed by atoms with Crippen LogP contribution in [0.5, 0.6) is 0 Å². The third-order valence-electron chi connectivity index (χ3n) is 6.01. The third-order valence-corrected chi connectivity index (χ3v) is 7.75. The SMILES string of the molecule is CCCCNC(=O)N1CCN(C(=O)C(Cc2ccccc2)NS(=O)(=O)c2ccc(Cl)cc2)CC1C. The van der Waals surface area contributed by atoms with Gasteiger partial charge in [0, 0.05) is 37.2 Å². The molecule has 1 fully saturated rings. The highest BCUT2D eigenvalue weighted by atomic mass is 35.5. The molecule has 10 heteroatoms. The van der Waals surface area contributed by atoms with E-state index in [9.17, 15) is 18.0 Å². The summed E-state index contributed by atoms with van der Waals surface area (Å²) in [6, 6.07) is 13.8. The molecule has 2 aromatic rings. The summed E-state index contributed by atoms with van der Waals surface area (Å²) in [7, 11) is -3.96. The summed E-state index contributed by atoms with van der Waals surface area (Å²) < 4.78 is 28.8. The molecule has 190 valence electrons. The predicted molar refractivity (Wildman–Crippen MR) is 137 cm³/mol. The normalized spacial score (nSPS) is 17.2. The van der Waals surface area contributed by atoms with Crippen molar-refractivity contribution in [1.82, 2.24) is 19.8 Å². The number of piperazine rings is 1. The van der Waals surface area contributed by atoms with Gasteiger partial charge in [-0.25, -0.2) is 13.2 Å². The summed E-state index contributed by atoms with van der Waals surface area (Å²) in [4.78, 5) is 29.5. The lowest BCUT2D eigenvalue weighted by Gasteiger charge is -2.41. The van der Waals surface area contributed by atoms with Crippen molar-refractivity contribution in [3.05, 3.63) is 65.2 Å². The average Bonchev–Trinajstić information content (AvgIpc) is 2.84. The Bertz CT molecular complexity index is 1100. The zero-order chi connectivity index (χ0) is 25.4. The number of benzene rings is 2. The number of hydrogen-bond donors (Lipinski definition) is 2. The standard InChI is InChI=1S/C25H33ClN4O4S/c1-3-4-14-27-25(32)30-16-15-29(18-19(30)2)24(31)23(17-20-8-6-5-7-9-20)28-35(33,34)22-12-10-21(26)11-13-22/h5-13,19,23,28H,3-4,14-18H2,1-2H3,(H,27,32). The van der Waals surface area contributed by atoms with Crippen molar-refractivity contribution in [3.8, 4) is 0 Å². The summed E-state index contributed by atoms with van der Waals surface area (Å²) in [5.41, 5.74) is 0.839. The highest BCUT2D eigenvalue weighted by molar-refractivity contribution is 7.89. The van der Waals surface area contributed by atoms with E-state index in [0.717, 1.165) is 18.4 Å². The van der Waals surface area contributed by atoms with Crippen LogP contribution in [0.1, 0.15) is 32.3 Å². The Morgan fingerprint density at radius 1 is 1.09 bits per heavy atom. The van der Waals surface area contributed by atoms with E-state index in [-0.39, 0.29) is 29.3 Å². The largest absolute Gasteiger partial charge is 0.338 e. The Hall–Kier alpha value is -2.62. The molecule has 1 aliphatic heterocycles. The second-order valence-corrected chi connectivity index (χ2v) is 10.9. The maximum Gasteiger partial charge on any atom is 0.317 e. The van der Waals surface area contributed by atoms with Crippen LogP contribution in [0.3, 0.4) is 0 Å². The molecular weight excluding hydrogens is 488 g/mol. The molecule has 0 aromatic heterocycles. The maximum atomic E-state index is 13.6. The fraction of sp³-hybridized carbons (Fsp3) is 0.440. The zero-order valence-electron chi connectivity index (χ0n) is 20.1. The molecule has 2 unspecified atom stereocenters. The van der Waals surface area contributed by atoms with Crippen LogP contribution in [0, 0.1) is 0 Å². The first-order valence-electron chi connectivity index (χ1n) is 11.9. The highest BCUT2D eigenvalue weighted by Crippen LogP contribution is 2.17. The van der Waals surface area contributed by atoms with E-state index < -0.39 is 16.1 Å². The van der Waals surface area contributed by atoms with Crippen LogP contribution in [0.4, 0.5) is 4.79 Å². The first-order chi connectivity index (χ1) is 16.7. The first-order valence-corrected chi connectivity index (χ1v) is 13.7. The summed E-state index contributed by atoms with van der Waals surface area (Å²) in [6.07, 6.45) is 2.11. The van der Waals surface area contributed by atoms with Gasteiger partial charge in [0.15, 0.2) is 0 Å². The first kappa shape index (κ1) is 27.0. The van der Waals surface area contributed by atoms with E-state index in [4.69, 9.17) is 11.6 Å². The van der Waals surface area contributed by atoms with Crippen LogP contribution >= 0.6 is 11.6 Å². The number of nitrogens with one attached hydrogen (secondary N) is 2. The van der Waals surface area contributed by atoms with E-state index in [2.05, 4.69) is 17.0 Å². The van der Waals surface area contributed by atoms with E-state index in [0.29, 0.717) is 31.2 Å². The zero-order valence-corrected chi connectivity index (χ0v) is 21.7. The Labute approximate surface area is 212 Å². The molecule has 2 atom stereocenters. The Morgan fingerprint density at radius 2 is 1.77 bits per heavy atom. The molecule has 1 aliphatic rings. The number of halogens is 1. The molecule has 0 saturated carbocycles. The quantitative estimate of drug-likeness (QED) is 0.496. The Morgan fingerprint density at radius 3 is 2.40 bits per heavy atom. The number of carbonyl (C=O) groups excluding carboxylic acids is 2. The monoisotopic (exact) mass is 520 g/mol. The lowest BCUT2D eigenvalue weighted by atomic mass is 10.0. The molecule has 3 rings (SSSR count). The number of urea groups is 1. The fourth-order valence-corrected chi connectivity index (χ4v) is 5.37. The lowest BCUT2D eigenvalue weighted by molar-refractivity contribution is -0.135. The molecule has 0 spiro atoms. The minimum absolute atomic E-state index is 0.0368. The van der Waals surface area contributed by atoms with Gasteiger partial charge in [0.1, 0.15) is 6.04 Å². The Kier molecular flexibility index (Phi) is 9.54. The molecule has 0 aliphatic carbocycles. The number of nitrogens with zero attached hydrogens (tertiary/aromatic N) is 2. The van der Waals surface area contributed by atoms with Crippen LogP contribution in [0.2, 0.25) is 5.02 Å². The van der Waals surface area contributed by atoms with Crippen molar-refractivity contribution in [3.63, 3.8) is 0 Å². The molecule has 2 N–H and O–H groups in total. The number of hydrogen-bond acceptors (Lipinski definition) is 4. The number of rotatable bonds is 9. The molecule has 8 nitrogen and oxygen atoms in total. The van der Waals surface area contributed by atoms with Gasteiger partial charge in [-0.05, 0) is 49.6 Å². The summed E-state index contributed by atoms with van der Waals surface area (Å²) in [6.45, 7) is 5.61. The van der Waals surface area contributed by atoms with E-state index in [1.165, 1.54) is 24.3 Å². The second-order valence-electron chi connectivity index (χ2n) is 8.73. The number of sulfonamides is 1. The molecule has 1 heterocycles. The van der Waals surface area contributed by atoms with E-state index in [1.54, 1.807) is 9.80 Å². The molecule has 0 bridgehead atoms. The van der Waals surface area contributed by atoms with Crippen molar-refractivity contribution >= 4 is 33.6 Å². The van der Waals surface area contributed by atoms with Gasteiger partial charge in [-0.3, -0.25) is 4.79 Å². The summed E-state index contributed by atoms with van der Waals surface area (Å²) in [5.74, 6) is -0.315. The molecular formula is C25H33ClN4O4S. The minimum atomic E-state index is -3.96. The van der Waals surface area contributed by atoms with Crippen LogP contribution in [0.15, 0.2) is 59.5 Å². The highest BCUT2D eigenvalue weighted by Gasteiger charge is 2.34. The van der Waals surface area contributed by atoms with Crippen molar-refractivity contribution in [1.29, 1.82) is 0 Å². The lowest BCUT2D eigenvalue weighted by Crippen LogP contribution is -2.60. The van der Waals surface area contributed by atoms with Gasteiger partial charge >= 0.3 is 6.03 Å².